The number of carbonyl (C=O) groups is 2. The summed E-state index contributed by atoms with van der Waals surface area (Å²) < 4.78 is 26.2. The number of amides is 1. The van der Waals surface area contributed by atoms with E-state index in [0.29, 0.717) is 0 Å². The maximum Gasteiger partial charge on any atom is 0.338 e. The van der Waals surface area contributed by atoms with Crippen molar-refractivity contribution in [2.75, 3.05) is 5.32 Å². The van der Waals surface area contributed by atoms with Crippen LogP contribution in [0.2, 0.25) is 0 Å². The summed E-state index contributed by atoms with van der Waals surface area (Å²) in [4.78, 5) is 20.5. The van der Waals surface area contributed by atoms with Crippen molar-refractivity contribution in [3.05, 3.63) is 27.7 Å². The lowest BCUT2D eigenvalue weighted by atomic mass is 10.2. The van der Waals surface area contributed by atoms with Gasteiger partial charge >= 0.3 is 5.97 Å². The second-order valence-electron chi connectivity index (χ2n) is 2.48. The number of rotatable bonds is 3. The van der Waals surface area contributed by atoms with Crippen molar-refractivity contribution < 1.29 is 23.5 Å². The minimum Gasteiger partial charge on any atom is -0.478 e. The maximum atomic E-state index is 13.2. The van der Waals surface area contributed by atoms with E-state index in [0.717, 1.165) is 6.07 Å². The quantitative estimate of drug-likeness (QED) is 0.657. The Labute approximate surface area is 91.0 Å². The van der Waals surface area contributed by atoms with Crippen molar-refractivity contribution in [3.63, 3.8) is 0 Å². The van der Waals surface area contributed by atoms with Gasteiger partial charge in [0.15, 0.2) is 11.6 Å². The number of anilines is 1. The van der Waals surface area contributed by atoms with Crippen LogP contribution in [0.1, 0.15) is 10.4 Å². The van der Waals surface area contributed by atoms with Crippen LogP contribution in [0.3, 0.4) is 0 Å². The highest BCUT2D eigenvalue weighted by Crippen LogP contribution is 2.29. The molecule has 0 saturated carbocycles. The van der Waals surface area contributed by atoms with E-state index >= 15 is 0 Å². The monoisotopic (exact) mass is 279 g/mol. The normalized spacial score (nSPS) is 9.80. The van der Waals surface area contributed by atoms with Crippen molar-refractivity contribution >= 4 is 34.0 Å². The Kier molecular flexibility index (Phi) is 3.35. The largest absolute Gasteiger partial charge is 0.478 e. The lowest BCUT2D eigenvalue weighted by molar-refractivity contribution is -0.105. The van der Waals surface area contributed by atoms with Crippen LogP contribution >= 0.6 is 15.9 Å². The van der Waals surface area contributed by atoms with E-state index in [1.807, 2.05) is 5.32 Å². The molecule has 4 nitrogen and oxygen atoms in total. The summed E-state index contributed by atoms with van der Waals surface area (Å²) in [5.74, 6) is -4.53. The van der Waals surface area contributed by atoms with Gasteiger partial charge in [-0.1, -0.05) is 0 Å². The molecule has 0 aliphatic rings. The first kappa shape index (κ1) is 11.6. The molecule has 80 valence electrons. The smallest absolute Gasteiger partial charge is 0.338 e. The summed E-state index contributed by atoms with van der Waals surface area (Å²) in [7, 11) is 0. The zero-order chi connectivity index (χ0) is 11.6. The maximum absolute atomic E-state index is 13.2. The molecule has 2 N–H and O–H groups in total. The fourth-order valence-electron chi connectivity index (χ4n) is 0.942. The van der Waals surface area contributed by atoms with E-state index in [1.165, 1.54) is 0 Å². The Bertz CT molecular complexity index is 436. The Morgan fingerprint density at radius 2 is 2.07 bits per heavy atom. The van der Waals surface area contributed by atoms with E-state index < -0.39 is 28.9 Å². The Balaban J connectivity index is 3.43. The molecule has 0 unspecified atom stereocenters. The molecule has 1 rings (SSSR count). The van der Waals surface area contributed by atoms with Crippen molar-refractivity contribution in [1.82, 2.24) is 0 Å². The highest BCUT2D eigenvalue weighted by atomic mass is 79.9. The molecule has 0 aromatic heterocycles. The Hall–Kier alpha value is -1.50. The average molecular weight is 280 g/mol. The van der Waals surface area contributed by atoms with E-state index in [-0.39, 0.29) is 10.9 Å². The van der Waals surface area contributed by atoms with Crippen LogP contribution in [0, 0.1) is 11.6 Å². The first-order valence-corrected chi connectivity index (χ1v) is 4.39. The number of aromatic carboxylic acids is 1. The number of nitrogens with one attached hydrogen (secondary N) is 1. The topological polar surface area (TPSA) is 66.4 Å². The molecule has 0 spiro atoms. The molecule has 1 amide bonds. The third kappa shape index (κ3) is 2.12. The lowest BCUT2D eigenvalue weighted by Crippen LogP contribution is -2.07. The van der Waals surface area contributed by atoms with Gasteiger partial charge in [0.2, 0.25) is 6.41 Å². The van der Waals surface area contributed by atoms with Gasteiger partial charge in [-0.15, -0.1) is 0 Å². The van der Waals surface area contributed by atoms with Crippen LogP contribution in [0.4, 0.5) is 14.5 Å². The molecule has 15 heavy (non-hydrogen) atoms. The van der Waals surface area contributed by atoms with Crippen molar-refractivity contribution in [2.45, 2.75) is 0 Å². The number of carboxylic acid groups (broad SMARTS) is 1. The van der Waals surface area contributed by atoms with Crippen molar-refractivity contribution in [1.29, 1.82) is 0 Å². The third-order valence-electron chi connectivity index (χ3n) is 1.59. The average Bonchev–Trinajstić information content (AvgIpc) is 2.18. The summed E-state index contributed by atoms with van der Waals surface area (Å²) in [6.07, 6.45) is 0.156. The first-order chi connectivity index (χ1) is 6.99. The standard InChI is InChI=1S/C8H4BrF2NO3/c9-4-1-3(8(14)15)5(10)6(11)7(4)12-2-13/h1-2H,(H,12,13)(H,14,15). The van der Waals surface area contributed by atoms with Gasteiger partial charge in [0, 0.05) is 4.47 Å². The summed E-state index contributed by atoms with van der Waals surface area (Å²) in [5.41, 5.74) is -1.25. The van der Waals surface area contributed by atoms with E-state index in [4.69, 9.17) is 5.11 Å². The molecule has 0 heterocycles. The minimum absolute atomic E-state index is 0.0501. The van der Waals surface area contributed by atoms with E-state index in [1.54, 1.807) is 0 Å². The third-order valence-corrected chi connectivity index (χ3v) is 2.22. The molecular formula is C8H4BrF2NO3. The van der Waals surface area contributed by atoms with Gasteiger partial charge in [-0.3, -0.25) is 4.79 Å². The highest BCUT2D eigenvalue weighted by molar-refractivity contribution is 9.10. The highest BCUT2D eigenvalue weighted by Gasteiger charge is 2.20. The van der Waals surface area contributed by atoms with Gasteiger partial charge in [-0.25, -0.2) is 13.6 Å². The van der Waals surface area contributed by atoms with Gasteiger partial charge in [-0.05, 0) is 22.0 Å². The number of hydrogen-bond acceptors (Lipinski definition) is 2. The number of carboxylic acids is 1. The predicted octanol–water partition coefficient (Wildman–Crippen LogP) is 1.99. The second kappa shape index (κ2) is 4.35. The van der Waals surface area contributed by atoms with Gasteiger partial charge < -0.3 is 10.4 Å². The molecule has 0 bridgehead atoms. The molecule has 0 atom stereocenters. The lowest BCUT2D eigenvalue weighted by Gasteiger charge is -2.07. The van der Waals surface area contributed by atoms with Gasteiger partial charge in [0.05, 0.1) is 11.3 Å². The van der Waals surface area contributed by atoms with Crippen LogP contribution < -0.4 is 5.32 Å². The summed E-state index contributed by atoms with van der Waals surface area (Å²) in [6.45, 7) is 0. The molecule has 0 aliphatic carbocycles. The number of carbonyl (C=O) groups excluding carboxylic acids is 1. The van der Waals surface area contributed by atoms with E-state index in [9.17, 15) is 18.4 Å². The zero-order valence-electron chi connectivity index (χ0n) is 7.05. The molecule has 0 fully saturated rings. The van der Waals surface area contributed by atoms with Gasteiger partial charge in [0.25, 0.3) is 0 Å². The predicted molar refractivity (Wildman–Crippen MR) is 50.7 cm³/mol. The molecule has 7 heteroatoms. The fourth-order valence-corrected chi connectivity index (χ4v) is 1.46. The SMILES string of the molecule is O=CNc1c(Br)cc(C(=O)O)c(F)c1F. The fraction of sp³-hybridized carbons (Fsp3) is 0. The van der Waals surface area contributed by atoms with Crippen LogP contribution in [-0.2, 0) is 4.79 Å². The van der Waals surface area contributed by atoms with Crippen LogP contribution in [-0.4, -0.2) is 17.5 Å². The van der Waals surface area contributed by atoms with Crippen LogP contribution in [0.25, 0.3) is 0 Å². The summed E-state index contributed by atoms with van der Waals surface area (Å²) in [6, 6.07) is 0.868. The molecular weight excluding hydrogens is 276 g/mol. The molecule has 0 aliphatic heterocycles. The molecule has 0 radical (unpaired) electrons. The van der Waals surface area contributed by atoms with Crippen molar-refractivity contribution in [3.8, 4) is 0 Å². The van der Waals surface area contributed by atoms with Crippen LogP contribution in [0.5, 0.6) is 0 Å². The number of hydrogen-bond donors (Lipinski definition) is 2. The molecule has 1 aromatic rings. The van der Waals surface area contributed by atoms with E-state index in [2.05, 4.69) is 15.9 Å². The Morgan fingerprint density at radius 3 is 2.53 bits per heavy atom. The summed E-state index contributed by atoms with van der Waals surface area (Å²) >= 11 is 2.81. The van der Waals surface area contributed by atoms with Gasteiger partial charge in [0.1, 0.15) is 0 Å². The molecule has 1 aromatic carbocycles. The molecule has 0 saturated heterocycles. The number of halogens is 3. The second-order valence-corrected chi connectivity index (χ2v) is 3.33. The minimum atomic E-state index is -1.59. The Morgan fingerprint density at radius 1 is 1.47 bits per heavy atom. The van der Waals surface area contributed by atoms with Gasteiger partial charge in [-0.2, -0.15) is 0 Å². The first-order valence-electron chi connectivity index (χ1n) is 3.60. The van der Waals surface area contributed by atoms with Crippen molar-refractivity contribution in [2.24, 2.45) is 0 Å². The summed E-state index contributed by atoms with van der Waals surface area (Å²) in [5, 5.41) is 10.4. The van der Waals surface area contributed by atoms with Crippen LogP contribution in [0.15, 0.2) is 10.5 Å². The zero-order valence-corrected chi connectivity index (χ0v) is 8.64. The number of benzene rings is 1.